The molecule has 1 amide bonds. The number of nitrogens with one attached hydrogen (secondary N) is 2. The van der Waals surface area contributed by atoms with Crippen LogP contribution < -0.4 is 15.4 Å². The molecule has 4 nitrogen and oxygen atoms in total. The van der Waals surface area contributed by atoms with E-state index < -0.39 is 5.82 Å². The fourth-order valence-electron chi connectivity index (χ4n) is 1.82. The molecule has 0 aromatic heterocycles. The third-order valence-electron chi connectivity index (χ3n) is 3.00. The molecule has 0 radical (unpaired) electrons. The molecule has 1 atom stereocenters. The first kappa shape index (κ1) is 15.4. The van der Waals surface area contributed by atoms with Gasteiger partial charge in [-0.1, -0.05) is 13.0 Å². The lowest BCUT2D eigenvalue weighted by Gasteiger charge is -2.14. The number of amides is 1. The van der Waals surface area contributed by atoms with Gasteiger partial charge in [0, 0.05) is 13.1 Å². The Kier molecular flexibility index (Phi) is 6.29. The van der Waals surface area contributed by atoms with Crippen LogP contribution in [0.25, 0.3) is 0 Å². The third kappa shape index (κ3) is 4.52. The first-order chi connectivity index (χ1) is 9.12. The molecule has 1 aromatic rings. The Balaban J connectivity index is 2.56. The van der Waals surface area contributed by atoms with Crippen molar-refractivity contribution in [1.82, 2.24) is 10.6 Å². The number of rotatable bonds is 7. The highest BCUT2D eigenvalue weighted by Gasteiger charge is 2.15. The largest absolute Gasteiger partial charge is 0.494 e. The summed E-state index contributed by atoms with van der Waals surface area (Å²) in [6.07, 6.45) is 0.768. The fourth-order valence-corrected chi connectivity index (χ4v) is 1.82. The van der Waals surface area contributed by atoms with Crippen LogP contribution in [0.5, 0.6) is 5.75 Å². The quantitative estimate of drug-likeness (QED) is 0.791. The van der Waals surface area contributed by atoms with E-state index in [1.54, 1.807) is 12.1 Å². The molecule has 0 aliphatic rings. The molecule has 2 N–H and O–H groups in total. The molecule has 0 saturated carbocycles. The van der Waals surface area contributed by atoms with Gasteiger partial charge in [0.05, 0.1) is 13.0 Å². The van der Waals surface area contributed by atoms with Gasteiger partial charge in [-0.05, 0) is 31.2 Å². The number of carbonyl (C=O) groups is 1. The third-order valence-corrected chi connectivity index (χ3v) is 3.00. The average Bonchev–Trinajstić information content (AvgIpc) is 2.42. The summed E-state index contributed by atoms with van der Waals surface area (Å²) in [5, 5.41) is 5.80. The summed E-state index contributed by atoms with van der Waals surface area (Å²) in [6, 6.07) is 4.67. The van der Waals surface area contributed by atoms with Crippen molar-refractivity contribution in [2.45, 2.75) is 19.9 Å². The molecule has 106 valence electrons. The van der Waals surface area contributed by atoms with Crippen LogP contribution in [0.1, 0.15) is 18.9 Å². The van der Waals surface area contributed by atoms with Gasteiger partial charge in [0.25, 0.3) is 0 Å². The van der Waals surface area contributed by atoms with Crippen molar-refractivity contribution in [3.8, 4) is 5.75 Å². The Morgan fingerprint density at radius 2 is 2.21 bits per heavy atom. The van der Waals surface area contributed by atoms with E-state index in [0.717, 1.165) is 6.42 Å². The van der Waals surface area contributed by atoms with E-state index in [2.05, 4.69) is 10.6 Å². The lowest BCUT2D eigenvalue weighted by Crippen LogP contribution is -2.35. The molecular formula is C14H21FN2O2. The van der Waals surface area contributed by atoms with E-state index in [4.69, 9.17) is 4.74 Å². The van der Waals surface area contributed by atoms with Gasteiger partial charge in [-0.15, -0.1) is 0 Å². The minimum atomic E-state index is -0.420. The zero-order valence-electron chi connectivity index (χ0n) is 11.6. The van der Waals surface area contributed by atoms with Crippen LogP contribution in [0.3, 0.4) is 0 Å². The number of benzene rings is 1. The molecule has 0 spiro atoms. The topological polar surface area (TPSA) is 50.4 Å². The van der Waals surface area contributed by atoms with Crippen LogP contribution in [0.15, 0.2) is 18.2 Å². The monoisotopic (exact) mass is 268 g/mol. The highest BCUT2D eigenvalue weighted by molar-refractivity contribution is 5.78. The minimum absolute atomic E-state index is 0.0203. The molecule has 19 heavy (non-hydrogen) atoms. The average molecular weight is 268 g/mol. The molecular weight excluding hydrogens is 247 g/mol. The van der Waals surface area contributed by atoms with Crippen LogP contribution in [-0.2, 0) is 11.3 Å². The minimum Gasteiger partial charge on any atom is -0.494 e. The fraction of sp³-hybridized carbons (Fsp3) is 0.500. The van der Waals surface area contributed by atoms with Crippen LogP contribution in [-0.4, -0.2) is 26.6 Å². The van der Waals surface area contributed by atoms with Crippen molar-refractivity contribution in [2.75, 3.05) is 20.7 Å². The Morgan fingerprint density at radius 1 is 1.47 bits per heavy atom. The first-order valence-electron chi connectivity index (χ1n) is 6.37. The van der Waals surface area contributed by atoms with Crippen molar-refractivity contribution in [1.29, 1.82) is 0 Å². The maximum atomic E-state index is 13.5. The maximum absolute atomic E-state index is 13.5. The van der Waals surface area contributed by atoms with Crippen LogP contribution in [0.4, 0.5) is 4.39 Å². The smallest absolute Gasteiger partial charge is 0.224 e. The van der Waals surface area contributed by atoms with Crippen LogP contribution in [0.2, 0.25) is 0 Å². The number of carbonyl (C=O) groups excluding carboxylic acids is 1. The summed E-state index contributed by atoms with van der Waals surface area (Å²) in [4.78, 5) is 11.9. The Labute approximate surface area is 113 Å². The molecule has 0 aliphatic carbocycles. The summed E-state index contributed by atoms with van der Waals surface area (Å²) in [7, 11) is 3.23. The normalized spacial score (nSPS) is 12.0. The second-order valence-corrected chi connectivity index (χ2v) is 4.35. The van der Waals surface area contributed by atoms with Crippen LogP contribution >= 0.6 is 0 Å². The zero-order chi connectivity index (χ0) is 14.3. The summed E-state index contributed by atoms with van der Waals surface area (Å²) < 4.78 is 18.3. The number of hydrogen-bond donors (Lipinski definition) is 2. The van der Waals surface area contributed by atoms with Crippen molar-refractivity contribution >= 4 is 5.91 Å². The van der Waals surface area contributed by atoms with E-state index in [0.29, 0.717) is 18.7 Å². The summed E-state index contributed by atoms with van der Waals surface area (Å²) >= 11 is 0. The molecule has 0 saturated heterocycles. The Hall–Kier alpha value is -1.62. The van der Waals surface area contributed by atoms with Gasteiger partial charge in [-0.3, -0.25) is 4.79 Å². The zero-order valence-corrected chi connectivity index (χ0v) is 11.6. The van der Waals surface area contributed by atoms with Gasteiger partial charge in [-0.25, -0.2) is 4.39 Å². The summed E-state index contributed by atoms with van der Waals surface area (Å²) in [6.45, 7) is 2.92. The number of methoxy groups -OCH3 is 1. The molecule has 0 heterocycles. The van der Waals surface area contributed by atoms with Crippen LogP contribution in [0, 0.1) is 11.7 Å². The molecule has 0 fully saturated rings. The van der Waals surface area contributed by atoms with E-state index in [1.165, 1.54) is 13.2 Å². The van der Waals surface area contributed by atoms with Crippen molar-refractivity contribution in [3.05, 3.63) is 29.6 Å². The van der Waals surface area contributed by atoms with E-state index in [9.17, 15) is 9.18 Å². The maximum Gasteiger partial charge on any atom is 0.224 e. The van der Waals surface area contributed by atoms with Gasteiger partial charge in [0.2, 0.25) is 5.91 Å². The van der Waals surface area contributed by atoms with Gasteiger partial charge in [0.1, 0.15) is 0 Å². The predicted molar refractivity (Wildman–Crippen MR) is 72.5 cm³/mol. The molecule has 1 aromatic carbocycles. The second kappa shape index (κ2) is 7.74. The standard InChI is InChI=1S/C14H21FN2O2/c1-4-11(9-16-2)14(18)17-8-10-5-6-13(19-3)12(15)7-10/h5-7,11,16H,4,8-9H2,1-3H3,(H,17,18). The molecule has 5 heteroatoms. The van der Waals surface area contributed by atoms with E-state index in [1.807, 2.05) is 14.0 Å². The van der Waals surface area contributed by atoms with Crippen molar-refractivity contribution < 1.29 is 13.9 Å². The lowest BCUT2D eigenvalue weighted by atomic mass is 10.1. The summed E-state index contributed by atoms with van der Waals surface area (Å²) in [5.74, 6) is -0.297. The highest BCUT2D eigenvalue weighted by Crippen LogP contribution is 2.17. The number of halogens is 1. The highest BCUT2D eigenvalue weighted by atomic mass is 19.1. The Bertz CT molecular complexity index is 424. The molecule has 0 bridgehead atoms. The SMILES string of the molecule is CCC(CNC)C(=O)NCc1ccc(OC)c(F)c1. The summed E-state index contributed by atoms with van der Waals surface area (Å²) in [5.41, 5.74) is 0.714. The van der Waals surface area contributed by atoms with Gasteiger partial charge in [0.15, 0.2) is 11.6 Å². The number of ether oxygens (including phenoxy) is 1. The van der Waals surface area contributed by atoms with Crippen molar-refractivity contribution in [3.63, 3.8) is 0 Å². The Morgan fingerprint density at radius 3 is 2.74 bits per heavy atom. The number of hydrogen-bond acceptors (Lipinski definition) is 3. The first-order valence-corrected chi connectivity index (χ1v) is 6.37. The van der Waals surface area contributed by atoms with Gasteiger partial charge < -0.3 is 15.4 Å². The predicted octanol–water partition coefficient (Wildman–Crippen LogP) is 1.70. The molecule has 1 rings (SSSR count). The van der Waals surface area contributed by atoms with Crippen molar-refractivity contribution in [2.24, 2.45) is 5.92 Å². The lowest BCUT2D eigenvalue weighted by molar-refractivity contribution is -0.125. The molecule has 1 unspecified atom stereocenters. The van der Waals surface area contributed by atoms with Gasteiger partial charge in [-0.2, -0.15) is 0 Å². The van der Waals surface area contributed by atoms with E-state index in [-0.39, 0.29) is 17.6 Å². The van der Waals surface area contributed by atoms with E-state index >= 15 is 0 Å². The van der Waals surface area contributed by atoms with Gasteiger partial charge >= 0.3 is 0 Å². The molecule has 0 aliphatic heterocycles. The second-order valence-electron chi connectivity index (χ2n) is 4.35.